The van der Waals surface area contributed by atoms with Gasteiger partial charge in [0, 0.05) is 25.8 Å². The summed E-state index contributed by atoms with van der Waals surface area (Å²) in [6.07, 6.45) is 3.37. The predicted molar refractivity (Wildman–Crippen MR) is 212 cm³/mol. The number of benzene rings is 3. The molecule has 3 fully saturated rings. The van der Waals surface area contributed by atoms with E-state index in [1.54, 1.807) is 17.1 Å². The van der Waals surface area contributed by atoms with E-state index < -0.39 is 66.3 Å². The van der Waals surface area contributed by atoms with Gasteiger partial charge in [-0.25, -0.2) is 0 Å². The van der Waals surface area contributed by atoms with Crippen LogP contribution in [0.5, 0.6) is 0 Å². The summed E-state index contributed by atoms with van der Waals surface area (Å²) in [6, 6.07) is 21.7. The normalized spacial score (nSPS) is 23.9. The number of aliphatic hydroxyl groups is 1. The molecule has 8 atom stereocenters. The number of anilines is 1. The number of aryl methyl sites for hydroxylation is 2. The minimum atomic E-state index is -1.36. The van der Waals surface area contributed by atoms with Crippen molar-refractivity contribution in [1.82, 2.24) is 10.2 Å². The Labute approximate surface area is 329 Å². The van der Waals surface area contributed by atoms with E-state index in [4.69, 9.17) is 14.2 Å². The number of hydrogen-bond donors (Lipinski definition) is 2. The van der Waals surface area contributed by atoms with E-state index in [2.05, 4.69) is 18.5 Å². The summed E-state index contributed by atoms with van der Waals surface area (Å²) in [4.78, 5) is 61.2. The van der Waals surface area contributed by atoms with Gasteiger partial charge in [0.25, 0.3) is 5.91 Å². The van der Waals surface area contributed by atoms with Crippen LogP contribution in [0.2, 0.25) is 0 Å². The van der Waals surface area contributed by atoms with Crippen LogP contribution in [0.1, 0.15) is 54.0 Å². The molecule has 3 amide bonds. The Balaban J connectivity index is 1.40. The highest BCUT2D eigenvalue weighted by atomic mass is 16.6. The van der Waals surface area contributed by atoms with Gasteiger partial charge in [-0.3, -0.25) is 19.2 Å². The van der Waals surface area contributed by atoms with Crippen molar-refractivity contribution < 1.29 is 38.5 Å². The fourth-order valence-corrected chi connectivity index (χ4v) is 8.89. The number of carbonyl (C=O) groups is 4. The third-order valence-electron chi connectivity index (χ3n) is 11.4. The van der Waals surface area contributed by atoms with E-state index in [0.29, 0.717) is 30.5 Å². The second-order valence-electron chi connectivity index (χ2n) is 15.1. The minimum Gasteiger partial charge on any atom is -0.455 e. The number of carbonyl (C=O) groups excluding carboxylic acids is 4. The Hall–Kier alpha value is -5.10. The number of nitrogens with zero attached hydrogens (tertiary/aromatic N) is 2. The number of likely N-dealkylation sites (tertiary alicyclic amines) is 1. The van der Waals surface area contributed by atoms with Crippen molar-refractivity contribution in [2.45, 2.75) is 81.9 Å². The van der Waals surface area contributed by atoms with Gasteiger partial charge in [-0.1, -0.05) is 84.9 Å². The molecular weight excluding hydrogens is 711 g/mol. The van der Waals surface area contributed by atoms with Crippen LogP contribution in [0, 0.1) is 25.7 Å². The smallest absolute Gasteiger partial charge is 0.313 e. The lowest BCUT2D eigenvalue weighted by Gasteiger charge is -2.39. The first kappa shape index (κ1) is 40.6. The zero-order valence-electron chi connectivity index (χ0n) is 32.5. The van der Waals surface area contributed by atoms with Gasteiger partial charge in [-0.15, -0.1) is 13.2 Å². The highest BCUT2D eigenvalue weighted by molar-refractivity contribution is 6.05. The molecule has 56 heavy (non-hydrogen) atoms. The molecule has 6 rings (SSSR count). The maximum absolute atomic E-state index is 15.3. The van der Waals surface area contributed by atoms with Gasteiger partial charge in [0.2, 0.25) is 11.8 Å². The Bertz CT molecular complexity index is 1900. The zero-order chi connectivity index (χ0) is 40.0. The molecule has 0 aromatic heterocycles. The lowest BCUT2D eigenvalue weighted by molar-refractivity contribution is -0.163. The molecule has 2 bridgehead atoms. The van der Waals surface area contributed by atoms with Crippen molar-refractivity contribution in [3.05, 3.63) is 126 Å². The lowest BCUT2D eigenvalue weighted by atomic mass is 9.70. The van der Waals surface area contributed by atoms with E-state index in [1.807, 2.05) is 92.7 Å². The van der Waals surface area contributed by atoms with E-state index in [1.165, 1.54) is 12.0 Å². The molecule has 0 radical (unpaired) electrons. The largest absolute Gasteiger partial charge is 0.455 e. The molecular formula is C45H53N3O8. The highest BCUT2D eigenvalue weighted by Gasteiger charge is 2.76. The van der Waals surface area contributed by atoms with Gasteiger partial charge in [0.15, 0.2) is 0 Å². The standard InChI is InChI=1S/C45H53N3O8/c1-6-8-19-37(50)46-34(28-54-5)40(32-17-13-10-14-18-32)55-44(53)38-36-22-23-45(56-36)39(38)42(51)48(33(27-49)26-31-15-11-9-12-16-31)41(45)43(52)47(24-7-2)35-25-29(3)20-21-30(35)4/h6-7,9-18,20-21,25,33-34,36,38-41,49H,1-2,8,19,22-24,26-28H2,3-5H3,(H,46,50)/t33-,34-,36+,38-,39-,40-,41+,45-/m1/s1. The monoisotopic (exact) mass is 763 g/mol. The first-order chi connectivity index (χ1) is 27.1. The topological polar surface area (TPSA) is 135 Å². The molecule has 3 aliphatic heterocycles. The van der Waals surface area contributed by atoms with E-state index >= 15 is 9.59 Å². The molecule has 3 saturated heterocycles. The summed E-state index contributed by atoms with van der Waals surface area (Å²) in [5.41, 5.74) is 2.65. The molecule has 0 aliphatic carbocycles. The number of nitrogens with one attached hydrogen (secondary N) is 1. The number of hydrogen-bond acceptors (Lipinski definition) is 8. The van der Waals surface area contributed by atoms with Crippen LogP contribution < -0.4 is 10.2 Å². The molecule has 11 heteroatoms. The number of esters is 1. The van der Waals surface area contributed by atoms with Crippen molar-refractivity contribution in [3.8, 4) is 0 Å². The molecule has 0 unspecified atom stereocenters. The summed E-state index contributed by atoms with van der Waals surface area (Å²) in [5, 5.41) is 14.0. The maximum atomic E-state index is 15.3. The second-order valence-corrected chi connectivity index (χ2v) is 15.1. The fraction of sp³-hybridized carbons (Fsp3) is 0.422. The van der Waals surface area contributed by atoms with Crippen LogP contribution in [0.3, 0.4) is 0 Å². The van der Waals surface area contributed by atoms with Gasteiger partial charge in [0.1, 0.15) is 17.7 Å². The Morgan fingerprint density at radius 1 is 1.05 bits per heavy atom. The van der Waals surface area contributed by atoms with Gasteiger partial charge < -0.3 is 34.4 Å². The van der Waals surface area contributed by atoms with Crippen molar-refractivity contribution in [1.29, 1.82) is 0 Å². The van der Waals surface area contributed by atoms with Crippen molar-refractivity contribution in [3.63, 3.8) is 0 Å². The molecule has 2 N–H and O–H groups in total. The van der Waals surface area contributed by atoms with E-state index in [0.717, 1.165) is 16.7 Å². The first-order valence-corrected chi connectivity index (χ1v) is 19.4. The maximum Gasteiger partial charge on any atom is 0.313 e. The Morgan fingerprint density at radius 3 is 2.43 bits per heavy atom. The SMILES string of the molecule is C=CCCC(=O)N[C@H](COC)[C@H](OC(=O)[C@@H]1[C@@H]2CC[C@]3(O2)[C@H](C(=O)N(CC=C)c2cc(C)ccc2C)N([C@@H](CO)Cc2ccccc2)C(=O)[C@@H]13)c1ccccc1. The average molecular weight is 764 g/mol. The van der Waals surface area contributed by atoms with E-state index in [-0.39, 0.29) is 37.8 Å². The van der Waals surface area contributed by atoms with E-state index in [9.17, 15) is 14.7 Å². The third kappa shape index (κ3) is 7.94. The number of ether oxygens (including phenoxy) is 3. The van der Waals surface area contributed by atoms with Crippen LogP contribution in [0.15, 0.2) is 104 Å². The Morgan fingerprint density at radius 2 is 1.77 bits per heavy atom. The summed E-state index contributed by atoms with van der Waals surface area (Å²) in [5.74, 6) is -3.84. The molecule has 3 aromatic rings. The summed E-state index contributed by atoms with van der Waals surface area (Å²) >= 11 is 0. The third-order valence-corrected chi connectivity index (χ3v) is 11.4. The first-order valence-electron chi connectivity index (χ1n) is 19.4. The fourth-order valence-electron chi connectivity index (χ4n) is 8.89. The number of amides is 3. The van der Waals surface area contributed by atoms with Crippen molar-refractivity contribution in [2.75, 3.05) is 31.8 Å². The average Bonchev–Trinajstić information content (AvgIpc) is 3.86. The van der Waals surface area contributed by atoms with Gasteiger partial charge in [-0.05, 0) is 67.9 Å². The summed E-state index contributed by atoms with van der Waals surface area (Å²) < 4.78 is 18.7. The van der Waals surface area contributed by atoms with Gasteiger partial charge >= 0.3 is 5.97 Å². The molecule has 11 nitrogen and oxygen atoms in total. The molecule has 3 aliphatic rings. The number of fused-ring (bicyclic) bond motifs is 1. The zero-order valence-corrected chi connectivity index (χ0v) is 32.5. The molecule has 3 aromatic carbocycles. The quantitative estimate of drug-likeness (QED) is 0.134. The lowest BCUT2D eigenvalue weighted by Crippen LogP contribution is -2.59. The van der Waals surface area contributed by atoms with Crippen LogP contribution in [-0.2, 0) is 39.8 Å². The van der Waals surface area contributed by atoms with Crippen LogP contribution in [0.4, 0.5) is 5.69 Å². The number of allylic oxidation sites excluding steroid dienone is 1. The van der Waals surface area contributed by atoms with Crippen molar-refractivity contribution >= 4 is 29.4 Å². The summed E-state index contributed by atoms with van der Waals surface area (Å²) in [7, 11) is 1.50. The number of rotatable bonds is 18. The van der Waals surface area contributed by atoms with Crippen molar-refractivity contribution in [2.24, 2.45) is 11.8 Å². The Kier molecular flexibility index (Phi) is 12.9. The highest BCUT2D eigenvalue weighted by Crippen LogP contribution is 2.59. The molecule has 296 valence electrons. The van der Waals surface area contributed by atoms with Gasteiger partial charge in [-0.2, -0.15) is 0 Å². The minimum absolute atomic E-state index is 0.0447. The van der Waals surface area contributed by atoms with Crippen LogP contribution in [-0.4, -0.2) is 90.4 Å². The molecule has 3 heterocycles. The predicted octanol–water partition coefficient (Wildman–Crippen LogP) is 5.18. The number of methoxy groups -OCH3 is 1. The number of aliphatic hydroxyl groups excluding tert-OH is 1. The molecule has 1 spiro atoms. The van der Waals surface area contributed by atoms with Crippen LogP contribution >= 0.6 is 0 Å². The second kappa shape index (κ2) is 17.8. The summed E-state index contributed by atoms with van der Waals surface area (Å²) in [6.45, 7) is 11.3. The molecule has 0 saturated carbocycles. The van der Waals surface area contributed by atoms with Crippen LogP contribution in [0.25, 0.3) is 0 Å². The van der Waals surface area contributed by atoms with Gasteiger partial charge in [0.05, 0.1) is 43.2 Å².